The van der Waals surface area contributed by atoms with Gasteiger partial charge in [0.15, 0.2) is 0 Å². The molecule has 3 heterocycles. The molecule has 1 amide bonds. The molecule has 2 aromatic rings. The molecule has 4 nitrogen and oxygen atoms in total. The molecule has 0 bridgehead atoms. The van der Waals surface area contributed by atoms with Crippen LogP contribution in [0.4, 0.5) is 0 Å². The Balaban J connectivity index is 1.84. The van der Waals surface area contributed by atoms with Crippen molar-refractivity contribution >= 4 is 17.2 Å². The number of amides is 1. The summed E-state index contributed by atoms with van der Waals surface area (Å²) in [5.74, 6) is 0.0576. The first-order chi connectivity index (χ1) is 9.34. The van der Waals surface area contributed by atoms with Gasteiger partial charge in [0.2, 0.25) is 0 Å². The fourth-order valence-electron chi connectivity index (χ4n) is 2.08. The highest BCUT2D eigenvalue weighted by atomic mass is 32.1. The summed E-state index contributed by atoms with van der Waals surface area (Å²) in [5, 5.41) is 4.04. The molecule has 3 rings (SSSR count). The molecule has 2 aromatic heterocycles. The Hall–Kier alpha value is -1.72. The summed E-state index contributed by atoms with van der Waals surface area (Å²) < 4.78 is 5.26. The second-order valence-corrected chi connectivity index (χ2v) is 5.13. The normalized spacial score (nSPS) is 15.5. The third kappa shape index (κ3) is 2.67. The lowest BCUT2D eigenvalue weighted by molar-refractivity contribution is 0.0303. The minimum atomic E-state index is 0.0576. The lowest BCUT2D eigenvalue weighted by Gasteiger charge is -2.26. The predicted molar refractivity (Wildman–Crippen MR) is 74.3 cm³/mol. The topological polar surface area (TPSA) is 42.4 Å². The number of rotatable bonds is 2. The summed E-state index contributed by atoms with van der Waals surface area (Å²) in [6, 6.07) is 5.64. The van der Waals surface area contributed by atoms with Crippen molar-refractivity contribution in [2.24, 2.45) is 0 Å². The van der Waals surface area contributed by atoms with Crippen LogP contribution in [0.3, 0.4) is 0 Å². The molecule has 0 saturated carbocycles. The van der Waals surface area contributed by atoms with Crippen LogP contribution in [0.1, 0.15) is 10.4 Å². The molecule has 0 aliphatic carbocycles. The van der Waals surface area contributed by atoms with Gasteiger partial charge >= 0.3 is 0 Å². The van der Waals surface area contributed by atoms with Crippen LogP contribution < -0.4 is 0 Å². The zero-order chi connectivity index (χ0) is 13.1. The molecule has 19 heavy (non-hydrogen) atoms. The van der Waals surface area contributed by atoms with Gasteiger partial charge in [-0.1, -0.05) is 0 Å². The van der Waals surface area contributed by atoms with Gasteiger partial charge in [0.1, 0.15) is 0 Å². The minimum absolute atomic E-state index is 0.0576. The fourth-order valence-corrected chi connectivity index (χ4v) is 2.73. The summed E-state index contributed by atoms with van der Waals surface area (Å²) in [4.78, 5) is 18.5. The van der Waals surface area contributed by atoms with E-state index in [2.05, 4.69) is 4.98 Å². The molecular formula is C14H14N2O2S. The number of morpholine rings is 1. The molecule has 0 aromatic carbocycles. The molecule has 1 aliphatic heterocycles. The number of carbonyl (C=O) groups excluding carboxylic acids is 1. The van der Waals surface area contributed by atoms with Crippen molar-refractivity contribution in [3.8, 4) is 11.3 Å². The van der Waals surface area contributed by atoms with E-state index in [1.54, 1.807) is 23.6 Å². The van der Waals surface area contributed by atoms with Crippen molar-refractivity contribution in [2.75, 3.05) is 26.3 Å². The highest BCUT2D eigenvalue weighted by Gasteiger charge is 2.18. The highest BCUT2D eigenvalue weighted by Crippen LogP contribution is 2.21. The number of aromatic nitrogens is 1. The van der Waals surface area contributed by atoms with Crippen LogP contribution >= 0.6 is 11.3 Å². The lowest BCUT2D eigenvalue weighted by Crippen LogP contribution is -2.40. The SMILES string of the molecule is O=C(c1ccnc(-c2ccsc2)c1)N1CCOCC1. The average Bonchev–Trinajstić information content (AvgIpc) is 3.02. The van der Waals surface area contributed by atoms with Gasteiger partial charge in [-0.15, -0.1) is 0 Å². The second-order valence-electron chi connectivity index (χ2n) is 4.35. The van der Waals surface area contributed by atoms with E-state index in [1.807, 2.05) is 27.8 Å². The molecular weight excluding hydrogens is 260 g/mol. The van der Waals surface area contributed by atoms with Gasteiger partial charge in [-0.25, -0.2) is 0 Å². The minimum Gasteiger partial charge on any atom is -0.378 e. The third-order valence-electron chi connectivity index (χ3n) is 3.12. The monoisotopic (exact) mass is 274 g/mol. The Morgan fingerprint density at radius 1 is 1.32 bits per heavy atom. The van der Waals surface area contributed by atoms with Crippen LogP contribution in [0.2, 0.25) is 0 Å². The van der Waals surface area contributed by atoms with Crippen molar-refractivity contribution in [3.05, 3.63) is 40.7 Å². The Bertz CT molecular complexity index is 563. The summed E-state index contributed by atoms with van der Waals surface area (Å²) in [6.45, 7) is 2.56. The van der Waals surface area contributed by atoms with E-state index >= 15 is 0 Å². The van der Waals surface area contributed by atoms with E-state index < -0.39 is 0 Å². The molecule has 5 heteroatoms. The Morgan fingerprint density at radius 2 is 2.16 bits per heavy atom. The summed E-state index contributed by atoms with van der Waals surface area (Å²) in [5.41, 5.74) is 2.60. The largest absolute Gasteiger partial charge is 0.378 e. The zero-order valence-electron chi connectivity index (χ0n) is 10.4. The standard InChI is InChI=1S/C14H14N2O2S/c17-14(16-4-6-18-7-5-16)11-1-3-15-13(9-11)12-2-8-19-10-12/h1-3,8-10H,4-7H2. The molecule has 0 N–H and O–H groups in total. The van der Waals surface area contributed by atoms with E-state index in [0.29, 0.717) is 31.9 Å². The van der Waals surface area contributed by atoms with Gasteiger partial charge < -0.3 is 9.64 Å². The average molecular weight is 274 g/mol. The van der Waals surface area contributed by atoms with Crippen LogP contribution in [-0.4, -0.2) is 42.1 Å². The number of thiophene rings is 1. The van der Waals surface area contributed by atoms with Crippen LogP contribution in [-0.2, 0) is 4.74 Å². The Labute approximate surface area is 115 Å². The summed E-state index contributed by atoms with van der Waals surface area (Å²) in [7, 11) is 0. The van der Waals surface area contributed by atoms with Crippen molar-refractivity contribution in [1.82, 2.24) is 9.88 Å². The van der Waals surface area contributed by atoms with Crippen molar-refractivity contribution in [1.29, 1.82) is 0 Å². The van der Waals surface area contributed by atoms with Gasteiger partial charge in [-0.05, 0) is 23.6 Å². The quantitative estimate of drug-likeness (QED) is 0.843. The Morgan fingerprint density at radius 3 is 2.89 bits per heavy atom. The Kier molecular flexibility index (Phi) is 3.57. The number of hydrogen-bond donors (Lipinski definition) is 0. The molecule has 0 radical (unpaired) electrons. The maximum atomic E-state index is 12.4. The van der Waals surface area contributed by atoms with Crippen LogP contribution in [0.25, 0.3) is 11.3 Å². The first kappa shape index (κ1) is 12.3. The first-order valence-electron chi connectivity index (χ1n) is 6.20. The van der Waals surface area contributed by atoms with Crippen molar-refractivity contribution in [3.63, 3.8) is 0 Å². The van der Waals surface area contributed by atoms with E-state index in [9.17, 15) is 4.79 Å². The molecule has 0 unspecified atom stereocenters. The van der Waals surface area contributed by atoms with Gasteiger partial charge in [0, 0.05) is 35.8 Å². The third-order valence-corrected chi connectivity index (χ3v) is 3.81. The molecule has 98 valence electrons. The smallest absolute Gasteiger partial charge is 0.254 e. The van der Waals surface area contributed by atoms with Crippen molar-refractivity contribution in [2.45, 2.75) is 0 Å². The molecule has 0 atom stereocenters. The van der Waals surface area contributed by atoms with Gasteiger partial charge in [0.05, 0.1) is 18.9 Å². The maximum absolute atomic E-state index is 12.4. The van der Waals surface area contributed by atoms with Crippen LogP contribution in [0.15, 0.2) is 35.2 Å². The van der Waals surface area contributed by atoms with Crippen LogP contribution in [0.5, 0.6) is 0 Å². The maximum Gasteiger partial charge on any atom is 0.254 e. The molecule has 1 aliphatic rings. The number of nitrogens with zero attached hydrogens (tertiary/aromatic N) is 2. The van der Waals surface area contributed by atoms with Crippen molar-refractivity contribution < 1.29 is 9.53 Å². The van der Waals surface area contributed by atoms with E-state index in [1.165, 1.54) is 0 Å². The van der Waals surface area contributed by atoms with Gasteiger partial charge in [0.25, 0.3) is 5.91 Å². The first-order valence-corrected chi connectivity index (χ1v) is 7.14. The van der Waals surface area contributed by atoms with E-state index in [4.69, 9.17) is 4.74 Å². The number of ether oxygens (including phenoxy) is 1. The van der Waals surface area contributed by atoms with E-state index in [-0.39, 0.29) is 5.91 Å². The van der Waals surface area contributed by atoms with Gasteiger partial charge in [-0.3, -0.25) is 9.78 Å². The fraction of sp³-hybridized carbons (Fsp3) is 0.286. The lowest BCUT2D eigenvalue weighted by atomic mass is 10.1. The molecule has 1 fully saturated rings. The molecule has 1 saturated heterocycles. The summed E-state index contributed by atoms with van der Waals surface area (Å²) >= 11 is 1.62. The van der Waals surface area contributed by atoms with E-state index in [0.717, 1.165) is 11.3 Å². The van der Waals surface area contributed by atoms with Gasteiger partial charge in [-0.2, -0.15) is 11.3 Å². The zero-order valence-corrected chi connectivity index (χ0v) is 11.2. The summed E-state index contributed by atoms with van der Waals surface area (Å²) in [6.07, 6.45) is 1.70. The number of hydrogen-bond acceptors (Lipinski definition) is 4. The molecule has 0 spiro atoms. The highest BCUT2D eigenvalue weighted by molar-refractivity contribution is 7.08. The number of pyridine rings is 1. The second kappa shape index (κ2) is 5.50. The predicted octanol–water partition coefficient (Wildman–Crippen LogP) is 2.28. The number of carbonyl (C=O) groups is 1. The van der Waals surface area contributed by atoms with Crippen LogP contribution in [0, 0.1) is 0 Å².